The Hall–Kier alpha value is -3.77. The van der Waals surface area contributed by atoms with Gasteiger partial charge in [0.15, 0.2) is 0 Å². The Balaban J connectivity index is 1.66. The van der Waals surface area contributed by atoms with Gasteiger partial charge in [-0.2, -0.15) is 0 Å². The molecule has 0 saturated heterocycles. The van der Waals surface area contributed by atoms with Crippen molar-refractivity contribution in [2.24, 2.45) is 4.99 Å². The number of amides is 1. The molecule has 0 saturated carbocycles. The smallest absolute Gasteiger partial charge is 0.338 e. The molecule has 1 aliphatic rings. The van der Waals surface area contributed by atoms with Gasteiger partial charge in [0.05, 0.1) is 23.6 Å². The number of ether oxygens (including phenoxy) is 1. The Morgan fingerprint density at radius 3 is 2.33 bits per heavy atom. The molecule has 1 atom stereocenters. The van der Waals surface area contributed by atoms with E-state index in [-0.39, 0.29) is 5.91 Å². The lowest BCUT2D eigenvalue weighted by Crippen LogP contribution is -2.25. The zero-order valence-electron chi connectivity index (χ0n) is 21.2. The van der Waals surface area contributed by atoms with Crippen LogP contribution >= 0.6 is 0 Å². The van der Waals surface area contributed by atoms with Crippen molar-refractivity contribution in [3.05, 3.63) is 95.1 Å². The fourth-order valence-electron chi connectivity index (χ4n) is 4.48. The number of hydrogen-bond acceptors (Lipinski definition) is 5. The number of nitrogens with one attached hydrogen (secondary N) is 1. The van der Waals surface area contributed by atoms with E-state index < -0.39 is 11.9 Å². The van der Waals surface area contributed by atoms with Crippen LogP contribution in [0, 0.1) is 0 Å². The average Bonchev–Trinajstić information content (AvgIpc) is 3.24. The first-order valence-electron chi connectivity index (χ1n) is 12.6. The van der Waals surface area contributed by atoms with Crippen LogP contribution in [-0.4, -0.2) is 48.7 Å². The minimum absolute atomic E-state index is 0.163. The van der Waals surface area contributed by atoms with Gasteiger partial charge in [0.1, 0.15) is 5.92 Å². The molecule has 0 spiro atoms. The fourth-order valence-corrected chi connectivity index (χ4v) is 4.48. The van der Waals surface area contributed by atoms with Crippen molar-refractivity contribution in [3.8, 4) is 0 Å². The van der Waals surface area contributed by atoms with E-state index in [4.69, 9.17) is 9.73 Å². The van der Waals surface area contributed by atoms with Crippen LogP contribution in [0.2, 0.25) is 0 Å². The second-order valence-electron chi connectivity index (χ2n) is 8.75. The van der Waals surface area contributed by atoms with Gasteiger partial charge in [-0.3, -0.25) is 9.79 Å². The zero-order valence-corrected chi connectivity index (χ0v) is 21.2. The Morgan fingerprint density at radius 1 is 0.944 bits per heavy atom. The van der Waals surface area contributed by atoms with Gasteiger partial charge in [0.2, 0.25) is 5.91 Å². The highest BCUT2D eigenvalue weighted by Crippen LogP contribution is 2.37. The second-order valence-corrected chi connectivity index (χ2v) is 8.75. The molecule has 0 radical (unpaired) electrons. The number of carbonyl (C=O) groups is 2. The summed E-state index contributed by atoms with van der Waals surface area (Å²) in [5.41, 5.74) is 5.44. The number of hydrogen-bond donors (Lipinski definition) is 1. The van der Waals surface area contributed by atoms with Gasteiger partial charge in [-0.1, -0.05) is 62.4 Å². The van der Waals surface area contributed by atoms with Gasteiger partial charge >= 0.3 is 5.97 Å². The van der Waals surface area contributed by atoms with Gasteiger partial charge < -0.3 is 15.0 Å². The summed E-state index contributed by atoms with van der Waals surface area (Å²) in [6.07, 6.45) is 0.985. The van der Waals surface area contributed by atoms with Crippen molar-refractivity contribution in [2.75, 3.05) is 31.6 Å². The van der Waals surface area contributed by atoms with Gasteiger partial charge in [0, 0.05) is 12.2 Å². The molecule has 0 bridgehead atoms. The third kappa shape index (κ3) is 5.71. The molecule has 1 aliphatic heterocycles. The molecule has 0 fully saturated rings. The van der Waals surface area contributed by atoms with Crippen LogP contribution in [0.5, 0.6) is 0 Å². The molecule has 4 rings (SSSR count). The van der Waals surface area contributed by atoms with Crippen molar-refractivity contribution in [2.45, 2.75) is 33.1 Å². The standard InChI is InChI=1S/C30H33N3O3/c1-4-33(5-2)19-18-21-12-15-24(16-13-21)31-28(22-10-8-7-9-11-22)27-25-17-14-23(30(35)36-6-3)20-26(25)32-29(27)34/h7-17,20,27H,4-6,18-19H2,1-3H3,(H,32,34). The molecule has 1 unspecified atom stereocenters. The minimum Gasteiger partial charge on any atom is -0.462 e. The van der Waals surface area contributed by atoms with Crippen molar-refractivity contribution in [1.82, 2.24) is 4.90 Å². The molecule has 3 aromatic carbocycles. The molecule has 1 N–H and O–H groups in total. The number of nitrogens with zero attached hydrogens (tertiary/aromatic N) is 2. The van der Waals surface area contributed by atoms with Crippen LogP contribution in [-0.2, 0) is 16.0 Å². The molecule has 186 valence electrons. The third-order valence-electron chi connectivity index (χ3n) is 6.54. The molecular formula is C30H33N3O3. The molecule has 1 heterocycles. The van der Waals surface area contributed by atoms with E-state index in [2.05, 4.69) is 36.2 Å². The van der Waals surface area contributed by atoms with Crippen LogP contribution in [0.15, 0.2) is 77.8 Å². The number of likely N-dealkylation sites (N-methyl/N-ethyl adjacent to an activating group) is 1. The second kappa shape index (κ2) is 11.8. The van der Waals surface area contributed by atoms with E-state index in [1.54, 1.807) is 19.1 Å². The van der Waals surface area contributed by atoms with E-state index in [0.717, 1.165) is 42.9 Å². The Morgan fingerprint density at radius 2 is 1.67 bits per heavy atom. The monoisotopic (exact) mass is 483 g/mol. The quantitative estimate of drug-likeness (QED) is 0.301. The molecule has 0 aromatic heterocycles. The van der Waals surface area contributed by atoms with Crippen LogP contribution in [0.1, 0.15) is 53.7 Å². The summed E-state index contributed by atoms with van der Waals surface area (Å²) in [6.45, 7) is 9.55. The van der Waals surface area contributed by atoms with Crippen molar-refractivity contribution >= 4 is 29.0 Å². The maximum absolute atomic E-state index is 13.2. The highest BCUT2D eigenvalue weighted by atomic mass is 16.5. The van der Waals surface area contributed by atoms with E-state index >= 15 is 0 Å². The Kier molecular flexibility index (Phi) is 8.28. The third-order valence-corrected chi connectivity index (χ3v) is 6.54. The molecule has 0 aliphatic carbocycles. The Labute approximate surface area is 213 Å². The van der Waals surface area contributed by atoms with Crippen molar-refractivity contribution in [1.29, 1.82) is 0 Å². The van der Waals surface area contributed by atoms with E-state index in [9.17, 15) is 9.59 Å². The van der Waals surface area contributed by atoms with Gasteiger partial charge in [-0.05, 0) is 67.4 Å². The maximum atomic E-state index is 13.2. The summed E-state index contributed by atoms with van der Waals surface area (Å²) in [5.74, 6) is -1.15. The molecule has 3 aromatic rings. The molecule has 6 heteroatoms. The topological polar surface area (TPSA) is 71.0 Å². The molecule has 36 heavy (non-hydrogen) atoms. The van der Waals surface area contributed by atoms with Gasteiger partial charge in [-0.15, -0.1) is 0 Å². The Bertz CT molecular complexity index is 1230. The van der Waals surface area contributed by atoms with E-state index in [0.29, 0.717) is 23.6 Å². The fraction of sp³-hybridized carbons (Fsp3) is 0.300. The van der Waals surface area contributed by atoms with Crippen molar-refractivity contribution in [3.63, 3.8) is 0 Å². The number of fused-ring (bicyclic) bond motifs is 1. The lowest BCUT2D eigenvalue weighted by Gasteiger charge is -2.17. The first kappa shape index (κ1) is 25.3. The first-order valence-corrected chi connectivity index (χ1v) is 12.6. The van der Waals surface area contributed by atoms with E-state index in [1.807, 2.05) is 48.5 Å². The first-order chi connectivity index (χ1) is 17.5. The largest absolute Gasteiger partial charge is 0.462 e. The SMILES string of the molecule is CCOC(=O)c1ccc2c(c1)NC(=O)C2C(=Nc1ccc(CCN(CC)CC)cc1)c1ccccc1. The maximum Gasteiger partial charge on any atom is 0.338 e. The molecule has 6 nitrogen and oxygen atoms in total. The van der Waals surface area contributed by atoms with Crippen LogP contribution < -0.4 is 5.32 Å². The lowest BCUT2D eigenvalue weighted by molar-refractivity contribution is -0.115. The number of rotatable bonds is 10. The predicted molar refractivity (Wildman–Crippen MR) is 144 cm³/mol. The number of benzene rings is 3. The highest BCUT2D eigenvalue weighted by molar-refractivity contribution is 6.24. The van der Waals surface area contributed by atoms with Crippen LogP contribution in [0.4, 0.5) is 11.4 Å². The minimum atomic E-state index is -0.582. The zero-order chi connectivity index (χ0) is 25.5. The summed E-state index contributed by atoms with van der Waals surface area (Å²) in [6, 6.07) is 23.2. The summed E-state index contributed by atoms with van der Waals surface area (Å²) in [5, 5.41) is 2.94. The summed E-state index contributed by atoms with van der Waals surface area (Å²) in [4.78, 5) is 32.8. The molecule has 1 amide bonds. The summed E-state index contributed by atoms with van der Waals surface area (Å²) >= 11 is 0. The van der Waals surface area contributed by atoms with Crippen LogP contribution in [0.25, 0.3) is 0 Å². The van der Waals surface area contributed by atoms with Crippen molar-refractivity contribution < 1.29 is 14.3 Å². The normalized spacial score (nSPS) is 15.1. The van der Waals surface area contributed by atoms with Gasteiger partial charge in [-0.25, -0.2) is 4.79 Å². The predicted octanol–water partition coefficient (Wildman–Crippen LogP) is 5.60. The summed E-state index contributed by atoms with van der Waals surface area (Å²) < 4.78 is 5.11. The number of aliphatic imine (C=N–C) groups is 1. The van der Waals surface area contributed by atoms with E-state index in [1.165, 1.54) is 5.56 Å². The molecular weight excluding hydrogens is 450 g/mol. The highest BCUT2D eigenvalue weighted by Gasteiger charge is 2.36. The lowest BCUT2D eigenvalue weighted by atomic mass is 9.90. The number of anilines is 1. The number of esters is 1. The van der Waals surface area contributed by atoms with Gasteiger partial charge in [0.25, 0.3) is 0 Å². The average molecular weight is 484 g/mol. The number of carbonyl (C=O) groups excluding carboxylic acids is 2. The van der Waals surface area contributed by atoms with Crippen LogP contribution in [0.3, 0.4) is 0 Å². The summed E-state index contributed by atoms with van der Waals surface area (Å²) in [7, 11) is 0.